The molecule has 0 bridgehead atoms. The van der Waals surface area contributed by atoms with Crippen molar-refractivity contribution < 1.29 is 14.0 Å². The van der Waals surface area contributed by atoms with E-state index < -0.39 is 6.04 Å². The normalized spacial score (nSPS) is 23.4. The predicted molar refractivity (Wildman–Crippen MR) is 114 cm³/mol. The Hall–Kier alpha value is -3.15. The van der Waals surface area contributed by atoms with Gasteiger partial charge in [-0.05, 0) is 49.4 Å². The average Bonchev–Trinajstić information content (AvgIpc) is 3.33. The Labute approximate surface area is 175 Å². The lowest BCUT2D eigenvalue weighted by Crippen LogP contribution is -2.47. The first-order chi connectivity index (χ1) is 14.6. The Balaban J connectivity index is 1.42. The number of nitrogens with zero attached hydrogens (tertiary/aromatic N) is 2. The number of likely N-dealkylation sites (tertiary alicyclic amines) is 1. The number of rotatable bonds is 3. The lowest BCUT2D eigenvalue weighted by molar-refractivity contribution is -0.120. The topological polar surface area (TPSA) is 75.4 Å². The van der Waals surface area contributed by atoms with E-state index in [-0.39, 0.29) is 17.9 Å². The van der Waals surface area contributed by atoms with Crippen molar-refractivity contribution in [2.75, 3.05) is 5.32 Å². The monoisotopic (exact) mass is 403 g/mol. The fourth-order valence-corrected chi connectivity index (χ4v) is 5.06. The Morgan fingerprint density at radius 2 is 1.90 bits per heavy atom. The third kappa shape index (κ3) is 3.36. The summed E-state index contributed by atoms with van der Waals surface area (Å²) in [4.78, 5) is 32.8. The van der Waals surface area contributed by atoms with Gasteiger partial charge in [0.25, 0.3) is 5.91 Å². The van der Waals surface area contributed by atoms with Crippen LogP contribution in [-0.2, 0) is 4.79 Å². The molecule has 6 heteroatoms. The molecule has 30 heavy (non-hydrogen) atoms. The van der Waals surface area contributed by atoms with Crippen LogP contribution in [0.2, 0.25) is 0 Å². The summed E-state index contributed by atoms with van der Waals surface area (Å²) in [5, 5.41) is 3.01. The van der Waals surface area contributed by atoms with Gasteiger partial charge in [0.15, 0.2) is 11.5 Å². The summed E-state index contributed by atoms with van der Waals surface area (Å²) in [6, 6.07) is 14.4. The number of amides is 2. The van der Waals surface area contributed by atoms with E-state index in [2.05, 4.69) is 10.3 Å². The first kappa shape index (κ1) is 18.9. The number of carbonyl (C=O) groups excluding carboxylic acids is 2. The summed E-state index contributed by atoms with van der Waals surface area (Å²) in [7, 11) is 0. The Bertz CT molecular complexity index is 1090. The van der Waals surface area contributed by atoms with Crippen LogP contribution in [-0.4, -0.2) is 33.8 Å². The summed E-state index contributed by atoms with van der Waals surface area (Å²) < 4.78 is 5.58. The highest BCUT2D eigenvalue weighted by atomic mass is 16.3. The van der Waals surface area contributed by atoms with Crippen LogP contribution in [0.15, 0.2) is 52.9 Å². The first-order valence-electron chi connectivity index (χ1n) is 10.7. The van der Waals surface area contributed by atoms with Crippen molar-refractivity contribution >= 4 is 28.6 Å². The molecule has 154 valence electrons. The minimum absolute atomic E-state index is 0.0496. The number of aromatic nitrogens is 1. The van der Waals surface area contributed by atoms with Gasteiger partial charge in [-0.1, -0.05) is 31.0 Å². The minimum atomic E-state index is -0.460. The van der Waals surface area contributed by atoms with E-state index in [1.807, 2.05) is 47.4 Å². The van der Waals surface area contributed by atoms with Gasteiger partial charge < -0.3 is 14.6 Å². The molecule has 1 saturated heterocycles. The Morgan fingerprint density at radius 3 is 2.73 bits per heavy atom. The van der Waals surface area contributed by atoms with Gasteiger partial charge in [0.2, 0.25) is 5.91 Å². The molecule has 5 rings (SSSR count). The third-order valence-corrected chi connectivity index (χ3v) is 6.41. The third-order valence-electron chi connectivity index (χ3n) is 6.41. The molecule has 1 N–H and O–H groups in total. The second-order valence-corrected chi connectivity index (χ2v) is 8.35. The van der Waals surface area contributed by atoms with Gasteiger partial charge in [-0.15, -0.1) is 0 Å². The fourth-order valence-electron chi connectivity index (χ4n) is 5.06. The van der Waals surface area contributed by atoms with Crippen molar-refractivity contribution in [2.45, 2.75) is 51.1 Å². The number of benzene rings is 2. The molecule has 1 aliphatic carbocycles. The maximum absolute atomic E-state index is 13.4. The number of hydrogen-bond donors (Lipinski definition) is 1. The molecule has 2 aliphatic rings. The van der Waals surface area contributed by atoms with Crippen LogP contribution in [0.1, 0.15) is 48.4 Å². The average molecular weight is 403 g/mol. The number of oxazole rings is 1. The molecule has 2 fully saturated rings. The molecule has 3 atom stereocenters. The highest BCUT2D eigenvalue weighted by molar-refractivity contribution is 6.02. The van der Waals surface area contributed by atoms with E-state index in [1.54, 1.807) is 13.0 Å². The Kier molecular flexibility index (Phi) is 4.77. The molecule has 2 aromatic carbocycles. The van der Waals surface area contributed by atoms with Crippen LogP contribution in [0.5, 0.6) is 0 Å². The molecule has 3 unspecified atom stereocenters. The van der Waals surface area contributed by atoms with E-state index in [0.717, 1.165) is 31.2 Å². The van der Waals surface area contributed by atoms with Crippen molar-refractivity contribution in [1.82, 2.24) is 9.88 Å². The first-order valence-corrected chi connectivity index (χ1v) is 10.7. The van der Waals surface area contributed by atoms with Gasteiger partial charge in [-0.2, -0.15) is 0 Å². The largest absolute Gasteiger partial charge is 0.441 e. The predicted octanol–water partition coefficient (Wildman–Crippen LogP) is 4.55. The van der Waals surface area contributed by atoms with Crippen LogP contribution in [0.3, 0.4) is 0 Å². The molecule has 1 saturated carbocycles. The zero-order valence-corrected chi connectivity index (χ0v) is 17.0. The van der Waals surface area contributed by atoms with E-state index >= 15 is 0 Å². The van der Waals surface area contributed by atoms with Gasteiger partial charge >= 0.3 is 0 Å². The number of aryl methyl sites for hydroxylation is 1. The fraction of sp³-hybridized carbons (Fsp3) is 0.375. The zero-order chi connectivity index (χ0) is 20.7. The second kappa shape index (κ2) is 7.59. The summed E-state index contributed by atoms with van der Waals surface area (Å²) in [6.45, 7) is 1.80. The van der Waals surface area contributed by atoms with Crippen LogP contribution < -0.4 is 5.32 Å². The van der Waals surface area contributed by atoms with E-state index in [0.29, 0.717) is 28.6 Å². The highest BCUT2D eigenvalue weighted by Gasteiger charge is 2.47. The van der Waals surface area contributed by atoms with Crippen LogP contribution in [0.4, 0.5) is 5.69 Å². The van der Waals surface area contributed by atoms with Crippen LogP contribution in [0.25, 0.3) is 11.1 Å². The quantitative estimate of drug-likeness (QED) is 0.696. The van der Waals surface area contributed by atoms with Gasteiger partial charge in [0, 0.05) is 30.3 Å². The van der Waals surface area contributed by atoms with Gasteiger partial charge in [-0.25, -0.2) is 4.98 Å². The highest BCUT2D eigenvalue weighted by Crippen LogP contribution is 2.41. The summed E-state index contributed by atoms with van der Waals surface area (Å²) in [5.74, 6) is 0.797. The molecule has 1 aromatic heterocycles. The molecule has 6 nitrogen and oxygen atoms in total. The minimum Gasteiger partial charge on any atom is -0.441 e. The number of carbonyl (C=O) groups is 2. The number of hydrogen-bond acceptors (Lipinski definition) is 4. The number of fused-ring (bicyclic) bond motifs is 2. The van der Waals surface area contributed by atoms with E-state index in [4.69, 9.17) is 4.42 Å². The summed E-state index contributed by atoms with van der Waals surface area (Å²) >= 11 is 0. The molecule has 2 heterocycles. The maximum atomic E-state index is 13.4. The van der Waals surface area contributed by atoms with Crippen molar-refractivity contribution in [3.63, 3.8) is 0 Å². The Morgan fingerprint density at radius 1 is 1.10 bits per heavy atom. The standard InChI is InChI=1S/C24H25N3O3/c1-15-25-19-12-11-18(14-22(19)30-15)26-23(28)21-13-17-9-5-6-10-20(17)27(21)24(29)16-7-3-2-4-8-16/h2-4,7-8,11-12,14,17,20-21H,5-6,9-10,13H2,1H3,(H,26,28). The van der Waals surface area contributed by atoms with Crippen molar-refractivity contribution in [3.8, 4) is 0 Å². The number of nitrogens with one attached hydrogen (secondary N) is 1. The van der Waals surface area contributed by atoms with Gasteiger partial charge in [0.1, 0.15) is 11.6 Å². The molecular formula is C24H25N3O3. The lowest BCUT2D eigenvalue weighted by atomic mass is 9.84. The molecule has 1 aliphatic heterocycles. The van der Waals surface area contributed by atoms with Crippen LogP contribution in [0, 0.1) is 12.8 Å². The van der Waals surface area contributed by atoms with Crippen molar-refractivity contribution in [3.05, 3.63) is 60.0 Å². The van der Waals surface area contributed by atoms with Crippen LogP contribution >= 0.6 is 0 Å². The summed E-state index contributed by atoms with van der Waals surface area (Å²) in [5.41, 5.74) is 2.70. The maximum Gasteiger partial charge on any atom is 0.254 e. The lowest BCUT2D eigenvalue weighted by Gasteiger charge is -2.33. The number of anilines is 1. The summed E-state index contributed by atoms with van der Waals surface area (Å²) in [6.07, 6.45) is 5.05. The van der Waals surface area contributed by atoms with E-state index in [1.165, 1.54) is 6.42 Å². The second-order valence-electron chi connectivity index (χ2n) is 8.35. The zero-order valence-electron chi connectivity index (χ0n) is 17.0. The molecule has 2 amide bonds. The van der Waals surface area contributed by atoms with E-state index in [9.17, 15) is 9.59 Å². The molecule has 0 spiro atoms. The van der Waals surface area contributed by atoms with Gasteiger partial charge in [0.05, 0.1) is 0 Å². The molecule has 0 radical (unpaired) electrons. The van der Waals surface area contributed by atoms with Crippen molar-refractivity contribution in [1.29, 1.82) is 0 Å². The van der Waals surface area contributed by atoms with Gasteiger partial charge in [-0.3, -0.25) is 9.59 Å². The SMILES string of the molecule is Cc1nc2ccc(NC(=O)C3CC4CCCCC4N3C(=O)c3ccccc3)cc2o1. The van der Waals surface area contributed by atoms with Crippen molar-refractivity contribution in [2.24, 2.45) is 5.92 Å². The molecule has 3 aromatic rings. The molecular weight excluding hydrogens is 378 g/mol. The smallest absolute Gasteiger partial charge is 0.254 e.